The predicted octanol–water partition coefficient (Wildman–Crippen LogP) is 1.10. The van der Waals surface area contributed by atoms with Crippen molar-refractivity contribution < 1.29 is 14.9 Å². The molecule has 0 spiro atoms. The standard InChI is InChI=1S/C16H26N2O3/c1-12(19)13-5-7-18(8-6-13)10-15(20)11-21-16-4-2-3-14(17)9-16/h2-4,9,12-13,15,19-20H,5-8,10-11,17H2,1H3. The van der Waals surface area contributed by atoms with E-state index in [9.17, 15) is 10.2 Å². The highest BCUT2D eigenvalue weighted by Gasteiger charge is 2.23. The van der Waals surface area contributed by atoms with Gasteiger partial charge in [-0.1, -0.05) is 6.07 Å². The lowest BCUT2D eigenvalue weighted by molar-refractivity contribution is 0.0336. The highest BCUT2D eigenvalue weighted by atomic mass is 16.5. The molecule has 5 nitrogen and oxygen atoms in total. The number of aliphatic hydroxyl groups is 2. The van der Waals surface area contributed by atoms with Crippen LogP contribution in [-0.2, 0) is 0 Å². The monoisotopic (exact) mass is 294 g/mol. The Labute approximate surface area is 126 Å². The van der Waals surface area contributed by atoms with Gasteiger partial charge in [0.1, 0.15) is 18.5 Å². The summed E-state index contributed by atoms with van der Waals surface area (Å²) in [7, 11) is 0. The maximum Gasteiger partial charge on any atom is 0.121 e. The lowest BCUT2D eigenvalue weighted by atomic mass is 9.92. The van der Waals surface area contributed by atoms with Crippen LogP contribution in [0.2, 0.25) is 0 Å². The summed E-state index contributed by atoms with van der Waals surface area (Å²) in [5.74, 6) is 1.07. The molecule has 0 radical (unpaired) electrons. The van der Waals surface area contributed by atoms with Crippen LogP contribution in [0.5, 0.6) is 5.75 Å². The van der Waals surface area contributed by atoms with Crippen LogP contribution in [0.25, 0.3) is 0 Å². The van der Waals surface area contributed by atoms with Crippen LogP contribution in [0, 0.1) is 5.92 Å². The van der Waals surface area contributed by atoms with Gasteiger partial charge in [-0.25, -0.2) is 0 Å². The SMILES string of the molecule is CC(O)C1CCN(CC(O)COc2cccc(N)c2)CC1. The summed E-state index contributed by atoms with van der Waals surface area (Å²) in [5, 5.41) is 19.6. The number of nitrogen functional groups attached to an aromatic ring is 1. The van der Waals surface area contributed by atoms with Crippen molar-refractivity contribution in [1.82, 2.24) is 4.90 Å². The van der Waals surface area contributed by atoms with Crippen molar-refractivity contribution in [3.8, 4) is 5.75 Å². The summed E-state index contributed by atoms with van der Waals surface area (Å²) in [6.07, 6.45) is 1.22. The van der Waals surface area contributed by atoms with E-state index in [0.717, 1.165) is 25.9 Å². The number of nitrogens with two attached hydrogens (primary N) is 1. The maximum absolute atomic E-state index is 10.1. The number of likely N-dealkylation sites (tertiary alicyclic amines) is 1. The molecule has 2 atom stereocenters. The number of nitrogens with zero attached hydrogens (tertiary/aromatic N) is 1. The third-order valence-electron chi connectivity index (χ3n) is 4.08. The number of anilines is 1. The Morgan fingerprint density at radius 3 is 2.67 bits per heavy atom. The third kappa shape index (κ3) is 5.19. The van der Waals surface area contributed by atoms with Gasteiger partial charge < -0.3 is 25.6 Å². The molecule has 1 saturated heterocycles. The zero-order valence-electron chi connectivity index (χ0n) is 12.6. The van der Waals surface area contributed by atoms with E-state index in [-0.39, 0.29) is 12.7 Å². The number of β-amino-alcohol motifs (C(OH)–C–C–N with tert-alkyl or cyclic N) is 1. The Balaban J connectivity index is 1.69. The Kier molecular flexibility index (Phi) is 5.85. The summed E-state index contributed by atoms with van der Waals surface area (Å²) in [6, 6.07) is 7.21. The van der Waals surface area contributed by atoms with Crippen molar-refractivity contribution in [3.05, 3.63) is 24.3 Å². The lowest BCUT2D eigenvalue weighted by Gasteiger charge is -2.34. The van der Waals surface area contributed by atoms with Crippen molar-refractivity contribution in [2.75, 3.05) is 32.0 Å². The van der Waals surface area contributed by atoms with E-state index in [4.69, 9.17) is 10.5 Å². The first-order valence-corrected chi connectivity index (χ1v) is 7.61. The molecule has 21 heavy (non-hydrogen) atoms. The molecule has 2 unspecified atom stereocenters. The van der Waals surface area contributed by atoms with Crippen LogP contribution in [0.4, 0.5) is 5.69 Å². The summed E-state index contributed by atoms with van der Waals surface area (Å²) < 4.78 is 5.55. The Morgan fingerprint density at radius 2 is 2.05 bits per heavy atom. The molecule has 4 N–H and O–H groups in total. The van der Waals surface area contributed by atoms with Gasteiger partial charge >= 0.3 is 0 Å². The van der Waals surface area contributed by atoms with Crippen LogP contribution < -0.4 is 10.5 Å². The third-order valence-corrected chi connectivity index (χ3v) is 4.08. The second-order valence-electron chi connectivity index (χ2n) is 5.92. The van der Waals surface area contributed by atoms with Crippen LogP contribution in [-0.4, -0.2) is 53.6 Å². The van der Waals surface area contributed by atoms with E-state index in [2.05, 4.69) is 4.90 Å². The number of benzene rings is 1. The van der Waals surface area contributed by atoms with Crippen molar-refractivity contribution in [1.29, 1.82) is 0 Å². The highest BCUT2D eigenvalue weighted by Crippen LogP contribution is 2.20. The molecule has 0 aromatic heterocycles. The van der Waals surface area contributed by atoms with Gasteiger partial charge in [-0.15, -0.1) is 0 Å². The van der Waals surface area contributed by atoms with Crippen LogP contribution in [0.3, 0.4) is 0 Å². The second kappa shape index (κ2) is 7.64. The minimum atomic E-state index is -0.519. The van der Waals surface area contributed by atoms with Gasteiger partial charge in [0.05, 0.1) is 6.10 Å². The molecule has 1 aromatic rings. The normalized spacial score (nSPS) is 20.1. The Bertz CT molecular complexity index is 431. The minimum absolute atomic E-state index is 0.232. The molecule has 0 amide bonds. The smallest absolute Gasteiger partial charge is 0.121 e. The molecular formula is C16H26N2O3. The number of aliphatic hydroxyl groups excluding tert-OH is 2. The van der Waals surface area contributed by atoms with E-state index in [1.54, 1.807) is 12.1 Å². The fraction of sp³-hybridized carbons (Fsp3) is 0.625. The number of rotatable bonds is 6. The fourth-order valence-corrected chi connectivity index (χ4v) is 2.77. The molecular weight excluding hydrogens is 268 g/mol. The average Bonchev–Trinajstić information content (AvgIpc) is 2.46. The predicted molar refractivity (Wildman–Crippen MR) is 83.2 cm³/mol. The molecule has 118 valence electrons. The van der Waals surface area contributed by atoms with Crippen LogP contribution in [0.15, 0.2) is 24.3 Å². The number of hydrogen-bond donors (Lipinski definition) is 3. The van der Waals surface area contributed by atoms with Crippen molar-refractivity contribution in [2.24, 2.45) is 5.92 Å². The molecule has 5 heteroatoms. The fourth-order valence-electron chi connectivity index (χ4n) is 2.77. The lowest BCUT2D eigenvalue weighted by Crippen LogP contribution is -2.42. The van der Waals surface area contributed by atoms with Crippen LogP contribution in [0.1, 0.15) is 19.8 Å². The molecule has 1 aliphatic rings. The number of hydrogen-bond acceptors (Lipinski definition) is 5. The zero-order valence-corrected chi connectivity index (χ0v) is 12.6. The molecule has 1 aromatic carbocycles. The second-order valence-corrected chi connectivity index (χ2v) is 5.92. The van der Waals surface area contributed by atoms with E-state index in [1.165, 1.54) is 0 Å². The number of ether oxygens (including phenoxy) is 1. The first-order valence-electron chi connectivity index (χ1n) is 7.61. The molecule has 1 heterocycles. The van der Waals surface area contributed by atoms with Gasteiger partial charge in [0.2, 0.25) is 0 Å². The van der Waals surface area contributed by atoms with Gasteiger partial charge in [-0.2, -0.15) is 0 Å². The maximum atomic E-state index is 10.1. The first kappa shape index (κ1) is 16.1. The van der Waals surface area contributed by atoms with Crippen molar-refractivity contribution in [2.45, 2.75) is 32.0 Å². The molecule has 1 aliphatic heterocycles. The highest BCUT2D eigenvalue weighted by molar-refractivity contribution is 5.43. The molecule has 0 aliphatic carbocycles. The van der Waals surface area contributed by atoms with E-state index < -0.39 is 6.10 Å². The molecule has 2 rings (SSSR count). The van der Waals surface area contributed by atoms with Gasteiger partial charge in [0, 0.05) is 18.3 Å². The summed E-state index contributed by atoms with van der Waals surface area (Å²) >= 11 is 0. The average molecular weight is 294 g/mol. The zero-order chi connectivity index (χ0) is 15.2. The molecule has 0 saturated carbocycles. The van der Waals surface area contributed by atoms with Crippen molar-refractivity contribution in [3.63, 3.8) is 0 Å². The Morgan fingerprint density at radius 1 is 1.33 bits per heavy atom. The summed E-state index contributed by atoms with van der Waals surface area (Å²) in [4.78, 5) is 2.23. The van der Waals surface area contributed by atoms with Gasteiger partial charge in [-0.3, -0.25) is 0 Å². The quantitative estimate of drug-likeness (QED) is 0.685. The first-order chi connectivity index (χ1) is 10.0. The molecule has 0 bridgehead atoms. The van der Waals surface area contributed by atoms with E-state index in [1.807, 2.05) is 19.1 Å². The minimum Gasteiger partial charge on any atom is -0.491 e. The van der Waals surface area contributed by atoms with E-state index >= 15 is 0 Å². The van der Waals surface area contributed by atoms with Crippen LogP contribution >= 0.6 is 0 Å². The topological polar surface area (TPSA) is 79.0 Å². The van der Waals surface area contributed by atoms with Gasteiger partial charge in [0.25, 0.3) is 0 Å². The Hall–Kier alpha value is -1.30. The van der Waals surface area contributed by atoms with Gasteiger partial charge in [-0.05, 0) is 50.9 Å². The largest absolute Gasteiger partial charge is 0.491 e. The summed E-state index contributed by atoms with van der Waals surface area (Å²) in [5.41, 5.74) is 6.34. The summed E-state index contributed by atoms with van der Waals surface area (Å²) in [6.45, 7) is 4.57. The molecule has 1 fully saturated rings. The van der Waals surface area contributed by atoms with E-state index in [0.29, 0.717) is 23.9 Å². The van der Waals surface area contributed by atoms with Crippen molar-refractivity contribution >= 4 is 5.69 Å². The van der Waals surface area contributed by atoms with Gasteiger partial charge in [0.15, 0.2) is 0 Å². The number of piperidine rings is 1.